The number of nitrogens with one attached hydrogen (secondary N) is 1. The summed E-state index contributed by atoms with van der Waals surface area (Å²) in [6, 6.07) is -0.771. The predicted molar refractivity (Wildman–Crippen MR) is 158 cm³/mol. The van der Waals surface area contributed by atoms with Gasteiger partial charge in [-0.1, -0.05) is 17.5 Å². The van der Waals surface area contributed by atoms with Crippen molar-refractivity contribution in [2.45, 2.75) is 49.2 Å². The zero-order chi connectivity index (χ0) is 33.0. The number of imidazole rings is 1. The molecule has 25 heteroatoms. The van der Waals surface area contributed by atoms with Crippen LogP contribution in [0.5, 0.6) is 0 Å². The van der Waals surface area contributed by atoms with Crippen LogP contribution in [0.3, 0.4) is 0 Å². The van der Waals surface area contributed by atoms with Crippen LogP contribution in [-0.4, -0.2) is 103 Å². The molecule has 12 atom stereocenters. The maximum Gasteiger partial charge on any atom is 0.472 e. The van der Waals surface area contributed by atoms with Crippen LogP contribution in [0.4, 0.5) is 11.8 Å². The Morgan fingerprint density at radius 3 is 2.60 bits per heavy atom. The molecule has 3 aliphatic carbocycles. The first kappa shape index (κ1) is 31.2. The van der Waals surface area contributed by atoms with Crippen molar-refractivity contribution >= 4 is 61.0 Å². The number of H-pyrrole nitrogens is 1. The predicted octanol–water partition coefficient (Wildman–Crippen LogP) is -1.10. The highest BCUT2D eigenvalue weighted by atomic mass is 32.7. The standard InChI is InChI=1S/C22H27N11O11P2S/c23-17-10-18(26-4-25-17)32(5-27-10)12-6-1-7-8(6)2-40-45(37,38)43-16-13(34)9(3-41-46(39,47)44-15(7)14(12)35)42-21(16)33-19-11(30-31-33)20(36)29-22(24)28-19/h4-9,12-16,21,34-35H,1-3H2,(H,37,38)(H,39,47)(H2,23,25,26)(H3,24,28,29,36)/t6-,7-,8-,9+,12+,13+,14-,15+,16+,21+,46-/m0/s1. The van der Waals surface area contributed by atoms with E-state index < -0.39 is 81.4 Å². The molecule has 2 saturated heterocycles. The highest BCUT2D eigenvalue weighted by Gasteiger charge is 2.61. The zero-order valence-electron chi connectivity index (χ0n) is 23.7. The summed E-state index contributed by atoms with van der Waals surface area (Å²) < 4.78 is 57.8. The Balaban J connectivity index is 1.15. The van der Waals surface area contributed by atoms with E-state index in [4.69, 9.17) is 34.3 Å². The van der Waals surface area contributed by atoms with Crippen molar-refractivity contribution in [2.75, 3.05) is 24.7 Å². The number of ether oxygens (including phenoxy) is 1. The number of aromatic nitrogens is 9. The van der Waals surface area contributed by atoms with Crippen LogP contribution in [0.25, 0.3) is 22.3 Å². The quantitative estimate of drug-likeness (QED) is 0.0956. The summed E-state index contributed by atoms with van der Waals surface area (Å²) in [5.41, 5.74) is 11.1. The average Bonchev–Trinajstić information content (AvgIpc) is 3.69. The zero-order valence-corrected chi connectivity index (χ0v) is 26.4. The molecule has 1 unspecified atom stereocenters. The molecule has 0 radical (unpaired) electrons. The Kier molecular flexibility index (Phi) is 7.28. The van der Waals surface area contributed by atoms with Crippen molar-refractivity contribution in [1.29, 1.82) is 0 Å². The summed E-state index contributed by atoms with van der Waals surface area (Å²) in [5.74, 6) is -1.53. The lowest BCUT2D eigenvalue weighted by atomic mass is 9.53. The number of hydrogen-bond acceptors (Lipinski definition) is 18. The van der Waals surface area contributed by atoms with Gasteiger partial charge in [-0.3, -0.25) is 27.9 Å². The van der Waals surface area contributed by atoms with E-state index >= 15 is 0 Å². The van der Waals surface area contributed by atoms with Gasteiger partial charge < -0.3 is 35.9 Å². The number of phosphoric ester groups is 1. The van der Waals surface area contributed by atoms with Gasteiger partial charge in [0.25, 0.3) is 5.56 Å². The Bertz CT molecular complexity index is 2050. The minimum absolute atomic E-state index is 0.126. The van der Waals surface area contributed by atoms with Gasteiger partial charge in [0, 0.05) is 0 Å². The Morgan fingerprint density at radius 2 is 1.79 bits per heavy atom. The van der Waals surface area contributed by atoms with Crippen LogP contribution in [0.15, 0.2) is 17.4 Å². The second-order valence-electron chi connectivity index (χ2n) is 11.7. The molecule has 5 aliphatic rings. The Hall–Kier alpha value is -3.08. The second kappa shape index (κ2) is 11.0. The average molecular weight is 716 g/mol. The van der Waals surface area contributed by atoms with Crippen molar-refractivity contribution in [3.63, 3.8) is 0 Å². The topological polar surface area (TPSA) is 313 Å². The SMILES string of the molecule is Nc1nc2c(nnn2[C@@H]2O[C@@H]3CO[P@](=O)(S)O[C@H]4[C@@H](O)[C@H](n5cnc6c(N)ncnc65)[C@H]5C[C@H]4[C@H]5COP(=O)(O)O[C@@H]2[C@@H]3O)c(=O)[nH]1. The van der Waals surface area contributed by atoms with Gasteiger partial charge in [0.2, 0.25) is 5.95 Å². The van der Waals surface area contributed by atoms with E-state index in [1.54, 1.807) is 4.57 Å². The molecule has 22 nitrogen and oxygen atoms in total. The maximum absolute atomic E-state index is 13.6. The summed E-state index contributed by atoms with van der Waals surface area (Å²) in [6.07, 6.45) is -5.57. The number of aliphatic hydroxyl groups is 2. The van der Waals surface area contributed by atoms with Gasteiger partial charge in [-0.15, -0.1) is 5.10 Å². The second-order valence-corrected chi connectivity index (χ2v) is 16.0. The van der Waals surface area contributed by atoms with Gasteiger partial charge in [0.05, 0.1) is 31.7 Å². The first-order valence-corrected chi connectivity index (χ1v) is 18.4. The number of fused-ring (bicyclic) bond motifs is 5. The minimum atomic E-state index is -4.97. The molecule has 4 aromatic heterocycles. The smallest absolute Gasteiger partial charge is 0.388 e. The Morgan fingerprint density at radius 1 is 0.979 bits per heavy atom. The van der Waals surface area contributed by atoms with Crippen molar-refractivity contribution < 1.29 is 47.1 Å². The van der Waals surface area contributed by atoms with Crippen LogP contribution in [0.2, 0.25) is 0 Å². The highest BCUT2D eigenvalue weighted by molar-refractivity contribution is 8.44. The molecule has 0 spiro atoms. The van der Waals surface area contributed by atoms with Crippen LogP contribution in [-0.2, 0) is 32.0 Å². The van der Waals surface area contributed by atoms with Crippen molar-refractivity contribution in [3.05, 3.63) is 23.0 Å². The van der Waals surface area contributed by atoms with Gasteiger partial charge in [0.15, 0.2) is 28.9 Å². The fraction of sp³-hybridized carbons (Fsp3) is 0.591. The number of nitrogens with zero attached hydrogens (tertiary/aromatic N) is 8. The van der Waals surface area contributed by atoms with E-state index in [1.807, 2.05) is 0 Å². The molecular weight excluding hydrogens is 688 g/mol. The fourth-order valence-electron chi connectivity index (χ4n) is 7.01. The van der Waals surface area contributed by atoms with Crippen molar-refractivity contribution in [3.8, 4) is 0 Å². The normalized spacial score (nSPS) is 40.7. The summed E-state index contributed by atoms with van der Waals surface area (Å²) in [6.45, 7) is -5.27. The maximum atomic E-state index is 13.6. The van der Waals surface area contributed by atoms with Crippen LogP contribution in [0.1, 0.15) is 18.7 Å². The lowest BCUT2D eigenvalue weighted by Crippen LogP contribution is -2.62. The first-order chi connectivity index (χ1) is 22.3. The monoisotopic (exact) mass is 715 g/mol. The van der Waals surface area contributed by atoms with E-state index in [0.29, 0.717) is 17.6 Å². The molecule has 4 aromatic rings. The van der Waals surface area contributed by atoms with Crippen molar-refractivity contribution in [2.24, 2.45) is 17.8 Å². The number of hydrogen-bond donors (Lipinski definition) is 7. The number of thiol groups is 1. The van der Waals surface area contributed by atoms with E-state index in [0.717, 1.165) is 4.68 Å². The van der Waals surface area contributed by atoms with E-state index in [1.165, 1.54) is 12.7 Å². The molecule has 252 valence electrons. The van der Waals surface area contributed by atoms with Crippen LogP contribution < -0.4 is 17.0 Å². The number of anilines is 2. The summed E-state index contributed by atoms with van der Waals surface area (Å²) in [4.78, 5) is 42.0. The molecule has 0 aromatic carbocycles. The van der Waals surface area contributed by atoms with E-state index in [9.17, 15) is 29.0 Å². The summed E-state index contributed by atoms with van der Waals surface area (Å²) in [7, 11) is -4.97. The lowest BCUT2D eigenvalue weighted by Gasteiger charge is -2.58. The number of rotatable bonds is 2. The molecule has 9 rings (SSSR count). The molecule has 2 aliphatic heterocycles. The molecule has 8 N–H and O–H groups in total. The van der Waals surface area contributed by atoms with Gasteiger partial charge >= 0.3 is 14.6 Å². The molecule has 5 fully saturated rings. The van der Waals surface area contributed by atoms with Crippen LogP contribution >= 0.6 is 26.9 Å². The number of aromatic amines is 1. The number of phosphoric acid groups is 1. The molecule has 47 heavy (non-hydrogen) atoms. The number of nitrogen functional groups attached to an aromatic ring is 2. The summed E-state index contributed by atoms with van der Waals surface area (Å²) in [5, 5.41) is 30.4. The highest BCUT2D eigenvalue weighted by Crippen LogP contribution is 2.64. The third kappa shape index (κ3) is 5.08. The van der Waals surface area contributed by atoms with Crippen LogP contribution in [0, 0.1) is 17.8 Å². The Labute approximate surface area is 267 Å². The van der Waals surface area contributed by atoms with Gasteiger partial charge in [0.1, 0.15) is 36.3 Å². The lowest BCUT2D eigenvalue weighted by molar-refractivity contribution is -0.184. The first-order valence-electron chi connectivity index (χ1n) is 14.2. The van der Waals surface area contributed by atoms with Gasteiger partial charge in [-0.25, -0.2) is 24.1 Å². The largest absolute Gasteiger partial charge is 0.472 e. The third-order valence-electron chi connectivity index (χ3n) is 9.15. The van der Waals surface area contributed by atoms with Gasteiger partial charge in [-0.2, -0.15) is 9.67 Å². The molecular formula is C22H27N11O11P2S. The minimum Gasteiger partial charge on any atom is -0.388 e. The molecule has 6 heterocycles. The summed E-state index contributed by atoms with van der Waals surface area (Å²) >= 11 is 4.14. The fourth-order valence-corrected chi connectivity index (χ4v) is 9.48. The molecule has 0 amide bonds. The van der Waals surface area contributed by atoms with E-state index in [-0.39, 0.29) is 35.5 Å². The number of aliphatic hydroxyl groups excluding tert-OH is 2. The van der Waals surface area contributed by atoms with Crippen molar-refractivity contribution in [1.82, 2.24) is 44.5 Å². The molecule has 3 saturated carbocycles. The van der Waals surface area contributed by atoms with Gasteiger partial charge in [-0.05, 0) is 24.2 Å². The molecule has 6 bridgehead atoms. The third-order valence-corrected chi connectivity index (χ3v) is 11.7. The van der Waals surface area contributed by atoms with E-state index in [2.05, 4.69) is 47.5 Å². The number of nitrogens with two attached hydrogens (primary N) is 2.